The van der Waals surface area contributed by atoms with Crippen LogP contribution in [0.2, 0.25) is 0 Å². The SMILES string of the molecule is CN(CC(=O)Nc1ccc(OC(F)F)cc1)S(=O)(=O)c1ccc2ccccc2c1. The lowest BCUT2D eigenvalue weighted by molar-refractivity contribution is -0.116. The van der Waals surface area contributed by atoms with Crippen LogP contribution in [0.5, 0.6) is 5.75 Å². The van der Waals surface area contributed by atoms with Gasteiger partial charge in [0.05, 0.1) is 11.4 Å². The molecule has 0 saturated carbocycles. The van der Waals surface area contributed by atoms with E-state index < -0.39 is 29.1 Å². The van der Waals surface area contributed by atoms with Gasteiger partial charge in [-0.3, -0.25) is 4.79 Å². The number of amides is 1. The molecule has 0 aliphatic carbocycles. The van der Waals surface area contributed by atoms with E-state index in [1.165, 1.54) is 37.4 Å². The van der Waals surface area contributed by atoms with Crippen molar-refractivity contribution in [3.05, 3.63) is 66.7 Å². The number of carbonyl (C=O) groups excluding carboxylic acids is 1. The first-order chi connectivity index (χ1) is 13.8. The molecule has 0 fully saturated rings. The Morgan fingerprint density at radius 1 is 1.03 bits per heavy atom. The van der Waals surface area contributed by atoms with Crippen molar-refractivity contribution in [1.29, 1.82) is 0 Å². The molecule has 0 bridgehead atoms. The van der Waals surface area contributed by atoms with Crippen LogP contribution in [0.15, 0.2) is 71.6 Å². The van der Waals surface area contributed by atoms with E-state index in [1.54, 1.807) is 12.1 Å². The Bertz CT molecular complexity index is 1120. The van der Waals surface area contributed by atoms with Crippen LogP contribution >= 0.6 is 0 Å². The monoisotopic (exact) mass is 420 g/mol. The van der Waals surface area contributed by atoms with Gasteiger partial charge >= 0.3 is 6.61 Å². The molecule has 1 N–H and O–H groups in total. The Morgan fingerprint density at radius 2 is 1.69 bits per heavy atom. The maximum atomic E-state index is 12.8. The molecule has 0 heterocycles. The Balaban J connectivity index is 1.67. The molecule has 0 unspecified atom stereocenters. The number of alkyl halides is 2. The van der Waals surface area contributed by atoms with Crippen molar-refractivity contribution >= 4 is 32.4 Å². The van der Waals surface area contributed by atoms with Crippen molar-refractivity contribution in [2.45, 2.75) is 11.5 Å². The van der Waals surface area contributed by atoms with Gasteiger partial charge in [-0.25, -0.2) is 8.42 Å². The summed E-state index contributed by atoms with van der Waals surface area (Å²) in [6.45, 7) is -3.35. The Kier molecular flexibility index (Phi) is 6.09. The molecular formula is C20H18F2N2O4S. The molecule has 29 heavy (non-hydrogen) atoms. The Morgan fingerprint density at radius 3 is 2.34 bits per heavy atom. The number of likely N-dealkylation sites (N-methyl/N-ethyl adjacent to an activating group) is 1. The molecule has 0 aliphatic rings. The summed E-state index contributed by atoms with van der Waals surface area (Å²) in [7, 11) is -2.56. The summed E-state index contributed by atoms with van der Waals surface area (Å²) in [6, 6.07) is 17.4. The summed E-state index contributed by atoms with van der Waals surface area (Å²) in [5.74, 6) is -0.617. The van der Waals surface area contributed by atoms with Gasteiger partial charge < -0.3 is 10.1 Å². The highest BCUT2D eigenvalue weighted by Gasteiger charge is 2.23. The van der Waals surface area contributed by atoms with Crippen molar-refractivity contribution in [3.63, 3.8) is 0 Å². The molecule has 9 heteroatoms. The summed E-state index contributed by atoms with van der Waals surface area (Å²) in [5.41, 5.74) is 0.327. The van der Waals surface area contributed by atoms with Crippen molar-refractivity contribution < 1.29 is 26.7 Å². The van der Waals surface area contributed by atoms with Crippen LogP contribution in [0.1, 0.15) is 0 Å². The number of nitrogens with zero attached hydrogens (tertiary/aromatic N) is 1. The van der Waals surface area contributed by atoms with Crippen molar-refractivity contribution in [1.82, 2.24) is 4.31 Å². The number of anilines is 1. The first-order valence-corrected chi connectivity index (χ1v) is 9.99. The van der Waals surface area contributed by atoms with Gasteiger partial charge in [-0.15, -0.1) is 0 Å². The van der Waals surface area contributed by atoms with Crippen LogP contribution in [0.25, 0.3) is 10.8 Å². The predicted octanol–water partition coefficient (Wildman–Crippen LogP) is 3.70. The fraction of sp³-hybridized carbons (Fsp3) is 0.150. The molecule has 0 spiro atoms. The molecule has 1 amide bonds. The number of benzene rings is 3. The van der Waals surface area contributed by atoms with E-state index in [4.69, 9.17) is 0 Å². The lowest BCUT2D eigenvalue weighted by Crippen LogP contribution is -2.34. The van der Waals surface area contributed by atoms with E-state index in [-0.39, 0.29) is 10.6 Å². The third-order valence-corrected chi connectivity index (χ3v) is 5.96. The van der Waals surface area contributed by atoms with Crippen LogP contribution in [0.4, 0.5) is 14.5 Å². The number of nitrogens with one attached hydrogen (secondary N) is 1. The summed E-state index contributed by atoms with van der Waals surface area (Å²) < 4.78 is 55.0. The number of hydrogen-bond donors (Lipinski definition) is 1. The average Bonchev–Trinajstić information content (AvgIpc) is 2.68. The number of rotatable bonds is 7. The average molecular weight is 420 g/mol. The summed E-state index contributed by atoms with van der Waals surface area (Å²) >= 11 is 0. The zero-order valence-electron chi connectivity index (χ0n) is 15.4. The second-order valence-corrected chi connectivity index (χ2v) is 8.27. The molecule has 6 nitrogen and oxygen atoms in total. The molecule has 3 rings (SSSR count). The largest absolute Gasteiger partial charge is 0.435 e. The number of hydrogen-bond acceptors (Lipinski definition) is 4. The number of carbonyl (C=O) groups is 1. The molecule has 3 aromatic rings. The highest BCUT2D eigenvalue weighted by molar-refractivity contribution is 7.89. The van der Waals surface area contributed by atoms with Gasteiger partial charge in [0.2, 0.25) is 15.9 Å². The van der Waals surface area contributed by atoms with Gasteiger partial charge in [-0.1, -0.05) is 30.3 Å². The fourth-order valence-corrected chi connectivity index (χ4v) is 3.88. The molecule has 0 aliphatic heterocycles. The predicted molar refractivity (Wildman–Crippen MR) is 105 cm³/mol. The second kappa shape index (κ2) is 8.54. The lowest BCUT2D eigenvalue weighted by Gasteiger charge is -2.17. The minimum Gasteiger partial charge on any atom is -0.435 e. The minimum atomic E-state index is -3.87. The van der Waals surface area contributed by atoms with Crippen molar-refractivity contribution in [2.75, 3.05) is 18.9 Å². The van der Waals surface area contributed by atoms with Crippen LogP contribution in [0, 0.1) is 0 Å². The highest BCUT2D eigenvalue weighted by atomic mass is 32.2. The van der Waals surface area contributed by atoms with Gasteiger partial charge in [-0.05, 0) is 47.2 Å². The summed E-state index contributed by atoms with van der Waals surface area (Å²) in [5, 5.41) is 4.20. The van der Waals surface area contributed by atoms with E-state index in [0.29, 0.717) is 5.69 Å². The molecule has 0 saturated heterocycles. The van der Waals surface area contributed by atoms with Crippen LogP contribution in [-0.2, 0) is 14.8 Å². The van der Waals surface area contributed by atoms with E-state index in [9.17, 15) is 22.0 Å². The van der Waals surface area contributed by atoms with Gasteiger partial charge in [0.25, 0.3) is 0 Å². The third-order valence-electron chi connectivity index (χ3n) is 4.16. The molecule has 0 radical (unpaired) electrons. The van der Waals surface area contributed by atoms with Gasteiger partial charge in [0.1, 0.15) is 5.75 Å². The van der Waals surface area contributed by atoms with E-state index in [0.717, 1.165) is 15.1 Å². The van der Waals surface area contributed by atoms with Gasteiger partial charge in [0.15, 0.2) is 0 Å². The number of ether oxygens (including phenoxy) is 1. The number of halogens is 2. The number of fused-ring (bicyclic) bond motifs is 1. The fourth-order valence-electron chi connectivity index (χ4n) is 2.72. The number of sulfonamides is 1. The van der Waals surface area contributed by atoms with Crippen LogP contribution in [-0.4, -0.2) is 38.8 Å². The third kappa shape index (κ3) is 5.07. The first kappa shape index (κ1) is 20.7. The van der Waals surface area contributed by atoms with Crippen molar-refractivity contribution in [3.8, 4) is 5.75 Å². The van der Waals surface area contributed by atoms with Crippen LogP contribution in [0.3, 0.4) is 0 Å². The van der Waals surface area contributed by atoms with Gasteiger partial charge in [-0.2, -0.15) is 13.1 Å². The minimum absolute atomic E-state index is 0.0472. The lowest BCUT2D eigenvalue weighted by atomic mass is 10.1. The molecular weight excluding hydrogens is 402 g/mol. The van der Waals surface area contributed by atoms with Crippen molar-refractivity contribution in [2.24, 2.45) is 0 Å². The Labute approximate surface area is 166 Å². The summed E-state index contributed by atoms with van der Waals surface area (Å²) in [4.78, 5) is 12.3. The van der Waals surface area contributed by atoms with Gasteiger partial charge in [0, 0.05) is 12.7 Å². The maximum Gasteiger partial charge on any atom is 0.387 e. The smallest absolute Gasteiger partial charge is 0.387 e. The van der Waals surface area contributed by atoms with E-state index in [1.807, 2.05) is 24.3 Å². The first-order valence-electron chi connectivity index (χ1n) is 8.55. The quantitative estimate of drug-likeness (QED) is 0.632. The Hall–Kier alpha value is -3.04. The zero-order valence-corrected chi connectivity index (χ0v) is 16.2. The normalized spacial score (nSPS) is 11.8. The van der Waals surface area contributed by atoms with E-state index in [2.05, 4.69) is 10.1 Å². The second-order valence-electron chi connectivity index (χ2n) is 6.22. The molecule has 0 atom stereocenters. The van der Waals surface area contributed by atoms with E-state index >= 15 is 0 Å². The molecule has 152 valence electrons. The maximum absolute atomic E-state index is 12.8. The summed E-state index contributed by atoms with van der Waals surface area (Å²) in [6.07, 6.45) is 0. The highest BCUT2D eigenvalue weighted by Crippen LogP contribution is 2.22. The molecule has 3 aromatic carbocycles. The zero-order chi connectivity index (χ0) is 21.0. The topological polar surface area (TPSA) is 75.7 Å². The standard InChI is InChI=1S/C20H18F2N2O4S/c1-24(13-19(25)23-16-7-9-17(10-8-16)28-20(21)22)29(26,27)18-11-6-14-4-2-3-5-15(14)12-18/h2-12,20H,13H2,1H3,(H,23,25). The molecule has 0 aromatic heterocycles. The van der Waals surface area contributed by atoms with Crippen LogP contribution < -0.4 is 10.1 Å².